The van der Waals surface area contributed by atoms with E-state index in [2.05, 4.69) is 0 Å². The Kier molecular flexibility index (Phi) is 6.28. The molecule has 0 aromatic heterocycles. The number of nitro groups is 1. The number of halogens is 2. The summed E-state index contributed by atoms with van der Waals surface area (Å²) in [5, 5.41) is 10.5. The second-order valence-corrected chi connectivity index (χ2v) is 5.74. The number of carbonyl (C=O) groups excluding carboxylic acids is 1. The first kappa shape index (κ1) is 19.1. The molecule has 1 fully saturated rings. The normalized spacial score (nSPS) is 20.0. The highest BCUT2D eigenvalue weighted by Crippen LogP contribution is 2.28. The molecule has 1 atom stereocenters. The van der Waals surface area contributed by atoms with Crippen LogP contribution in [0.3, 0.4) is 0 Å². The maximum absolute atomic E-state index is 13.4. The van der Waals surface area contributed by atoms with Crippen molar-refractivity contribution in [2.75, 3.05) is 26.2 Å². The summed E-state index contributed by atoms with van der Waals surface area (Å²) in [5.41, 5.74) is 4.98. The Morgan fingerprint density at radius 3 is 2.78 bits per heavy atom. The minimum absolute atomic E-state index is 0. The molecular formula is C14H19ClFN3O4. The van der Waals surface area contributed by atoms with Crippen molar-refractivity contribution in [1.29, 1.82) is 0 Å². The van der Waals surface area contributed by atoms with Gasteiger partial charge in [-0.3, -0.25) is 14.9 Å². The third kappa shape index (κ3) is 4.52. The summed E-state index contributed by atoms with van der Waals surface area (Å²) in [5.74, 6) is -1.13. The molecule has 1 aliphatic heterocycles. The van der Waals surface area contributed by atoms with Crippen LogP contribution in [0.5, 0.6) is 5.75 Å². The number of hydrogen-bond donors (Lipinski definition) is 1. The van der Waals surface area contributed by atoms with Crippen LogP contribution in [0.15, 0.2) is 18.2 Å². The molecule has 7 nitrogen and oxygen atoms in total. The number of ether oxygens (including phenoxy) is 1. The number of amides is 1. The number of hydrogen-bond acceptors (Lipinski definition) is 5. The Labute approximate surface area is 139 Å². The zero-order valence-electron chi connectivity index (χ0n) is 12.7. The SMILES string of the molecule is CC1(CN)CCN(C(=O)COc2ccc([N+](=O)[O-])c(F)c2)C1.Cl. The molecular weight excluding hydrogens is 329 g/mol. The Balaban J connectivity index is 0.00000264. The number of nitro benzene ring substituents is 1. The standard InChI is InChI=1S/C14H18FN3O4.ClH/c1-14(8-16)4-5-17(9-14)13(19)7-22-10-2-3-12(18(20)21)11(15)6-10;/h2-3,6H,4-5,7-9,16H2,1H3;1H. The number of benzene rings is 1. The van der Waals surface area contributed by atoms with Crippen molar-refractivity contribution in [2.45, 2.75) is 13.3 Å². The van der Waals surface area contributed by atoms with Gasteiger partial charge in [0, 0.05) is 25.2 Å². The number of nitrogens with zero attached hydrogens (tertiary/aromatic N) is 2. The topological polar surface area (TPSA) is 98.7 Å². The van der Waals surface area contributed by atoms with Crippen LogP contribution in [0, 0.1) is 21.3 Å². The Bertz CT molecular complexity index is 601. The van der Waals surface area contributed by atoms with E-state index in [4.69, 9.17) is 10.5 Å². The molecule has 0 bridgehead atoms. The van der Waals surface area contributed by atoms with Crippen LogP contribution in [0.25, 0.3) is 0 Å². The molecule has 1 aromatic carbocycles. The van der Waals surface area contributed by atoms with Crippen LogP contribution in [-0.2, 0) is 4.79 Å². The molecule has 1 amide bonds. The van der Waals surface area contributed by atoms with Crippen LogP contribution < -0.4 is 10.5 Å². The summed E-state index contributed by atoms with van der Waals surface area (Å²) in [7, 11) is 0. The molecule has 0 radical (unpaired) electrons. The minimum Gasteiger partial charge on any atom is -0.484 e. The van der Waals surface area contributed by atoms with Crippen LogP contribution >= 0.6 is 12.4 Å². The zero-order chi connectivity index (χ0) is 16.3. The summed E-state index contributed by atoms with van der Waals surface area (Å²) in [6, 6.07) is 3.18. The summed E-state index contributed by atoms with van der Waals surface area (Å²) < 4.78 is 18.7. The van der Waals surface area contributed by atoms with E-state index in [0.717, 1.165) is 18.6 Å². The number of nitrogens with two attached hydrogens (primary N) is 1. The Morgan fingerprint density at radius 1 is 1.57 bits per heavy atom. The first-order valence-corrected chi connectivity index (χ1v) is 6.89. The fourth-order valence-corrected chi connectivity index (χ4v) is 2.37. The maximum atomic E-state index is 13.4. The fraction of sp³-hybridized carbons (Fsp3) is 0.500. The van der Waals surface area contributed by atoms with E-state index in [-0.39, 0.29) is 36.1 Å². The van der Waals surface area contributed by atoms with Gasteiger partial charge in [0.2, 0.25) is 5.82 Å². The van der Waals surface area contributed by atoms with Crippen molar-refractivity contribution in [3.8, 4) is 5.75 Å². The second-order valence-electron chi connectivity index (χ2n) is 5.74. The van der Waals surface area contributed by atoms with Crippen LogP contribution in [0.2, 0.25) is 0 Å². The van der Waals surface area contributed by atoms with Gasteiger partial charge in [-0.1, -0.05) is 6.92 Å². The van der Waals surface area contributed by atoms with Gasteiger partial charge in [0.25, 0.3) is 5.91 Å². The van der Waals surface area contributed by atoms with Gasteiger partial charge in [0.1, 0.15) is 5.75 Å². The van der Waals surface area contributed by atoms with Crippen molar-refractivity contribution in [1.82, 2.24) is 4.90 Å². The first-order valence-electron chi connectivity index (χ1n) is 6.89. The average molecular weight is 348 g/mol. The molecule has 1 saturated heterocycles. The fourth-order valence-electron chi connectivity index (χ4n) is 2.37. The van der Waals surface area contributed by atoms with Gasteiger partial charge in [-0.05, 0) is 24.4 Å². The molecule has 1 heterocycles. The molecule has 0 aliphatic carbocycles. The average Bonchev–Trinajstić information content (AvgIpc) is 2.88. The van der Waals surface area contributed by atoms with Crippen LogP contribution in [0.4, 0.5) is 10.1 Å². The smallest absolute Gasteiger partial charge is 0.305 e. The van der Waals surface area contributed by atoms with Crippen molar-refractivity contribution in [2.24, 2.45) is 11.1 Å². The van der Waals surface area contributed by atoms with Gasteiger partial charge in [-0.2, -0.15) is 4.39 Å². The lowest BCUT2D eigenvalue weighted by Crippen LogP contribution is -2.36. The second kappa shape index (κ2) is 7.56. The summed E-state index contributed by atoms with van der Waals surface area (Å²) in [4.78, 5) is 23.4. The molecule has 9 heteroatoms. The molecule has 2 N–H and O–H groups in total. The van der Waals surface area contributed by atoms with Gasteiger partial charge in [-0.15, -0.1) is 12.4 Å². The van der Waals surface area contributed by atoms with Gasteiger partial charge in [0.15, 0.2) is 6.61 Å². The third-order valence-corrected chi connectivity index (χ3v) is 3.88. The van der Waals surface area contributed by atoms with E-state index in [9.17, 15) is 19.3 Å². The highest BCUT2D eigenvalue weighted by atomic mass is 35.5. The molecule has 2 rings (SSSR count). The Morgan fingerprint density at radius 2 is 2.26 bits per heavy atom. The molecule has 1 unspecified atom stereocenters. The third-order valence-electron chi connectivity index (χ3n) is 3.88. The molecule has 0 saturated carbocycles. The van der Waals surface area contributed by atoms with E-state index in [1.165, 1.54) is 6.07 Å². The van der Waals surface area contributed by atoms with Crippen molar-refractivity contribution in [3.05, 3.63) is 34.1 Å². The molecule has 1 aliphatic rings. The van der Waals surface area contributed by atoms with E-state index in [1.54, 1.807) is 4.90 Å². The van der Waals surface area contributed by atoms with Crippen LogP contribution in [-0.4, -0.2) is 42.0 Å². The van der Waals surface area contributed by atoms with Gasteiger partial charge in [-0.25, -0.2) is 0 Å². The predicted molar refractivity (Wildman–Crippen MR) is 84.2 cm³/mol. The van der Waals surface area contributed by atoms with Crippen LogP contribution in [0.1, 0.15) is 13.3 Å². The van der Waals surface area contributed by atoms with Gasteiger partial charge in [0.05, 0.1) is 4.92 Å². The number of rotatable bonds is 5. The molecule has 0 spiro atoms. The first-order chi connectivity index (χ1) is 10.3. The summed E-state index contributed by atoms with van der Waals surface area (Å²) in [6.07, 6.45) is 0.835. The largest absolute Gasteiger partial charge is 0.484 e. The Hall–Kier alpha value is -1.93. The van der Waals surface area contributed by atoms with Crippen molar-refractivity contribution in [3.63, 3.8) is 0 Å². The molecule has 128 valence electrons. The summed E-state index contributed by atoms with van der Waals surface area (Å²) in [6.45, 7) is 3.47. The summed E-state index contributed by atoms with van der Waals surface area (Å²) >= 11 is 0. The van der Waals surface area contributed by atoms with E-state index in [0.29, 0.717) is 19.6 Å². The van der Waals surface area contributed by atoms with Crippen molar-refractivity contribution >= 4 is 24.0 Å². The van der Waals surface area contributed by atoms with E-state index >= 15 is 0 Å². The predicted octanol–water partition coefficient (Wildman–Crippen LogP) is 1.73. The number of carbonyl (C=O) groups is 1. The van der Waals surface area contributed by atoms with Gasteiger partial charge < -0.3 is 15.4 Å². The lowest BCUT2D eigenvalue weighted by atomic mass is 9.90. The minimum atomic E-state index is -0.994. The number of likely N-dealkylation sites (tertiary alicyclic amines) is 1. The lowest BCUT2D eigenvalue weighted by Gasteiger charge is -2.22. The molecule has 1 aromatic rings. The van der Waals surface area contributed by atoms with Crippen molar-refractivity contribution < 1.29 is 18.8 Å². The monoisotopic (exact) mass is 347 g/mol. The molecule has 23 heavy (non-hydrogen) atoms. The zero-order valence-corrected chi connectivity index (χ0v) is 13.5. The maximum Gasteiger partial charge on any atom is 0.305 e. The van der Waals surface area contributed by atoms with E-state index < -0.39 is 16.4 Å². The highest BCUT2D eigenvalue weighted by Gasteiger charge is 2.34. The van der Waals surface area contributed by atoms with Gasteiger partial charge >= 0.3 is 5.69 Å². The quantitative estimate of drug-likeness (QED) is 0.646. The lowest BCUT2D eigenvalue weighted by molar-refractivity contribution is -0.387. The highest BCUT2D eigenvalue weighted by molar-refractivity contribution is 5.85. The van der Waals surface area contributed by atoms with E-state index in [1.807, 2.05) is 6.92 Å².